The number of para-hydroxylation sites is 1. The summed E-state index contributed by atoms with van der Waals surface area (Å²) < 4.78 is 13.7. The lowest BCUT2D eigenvalue weighted by molar-refractivity contribution is 0.674. The van der Waals surface area contributed by atoms with E-state index in [0.717, 1.165) is 16.6 Å². The van der Waals surface area contributed by atoms with E-state index in [-0.39, 0.29) is 6.04 Å². The van der Waals surface area contributed by atoms with Crippen LogP contribution in [0.15, 0.2) is 24.3 Å². The summed E-state index contributed by atoms with van der Waals surface area (Å²) in [6.07, 6.45) is 0. The molecular formula is C12H17N3OS. The van der Waals surface area contributed by atoms with E-state index in [2.05, 4.69) is 5.10 Å². The second-order valence-corrected chi connectivity index (χ2v) is 5.82. The summed E-state index contributed by atoms with van der Waals surface area (Å²) in [7, 11) is 0.958. The van der Waals surface area contributed by atoms with Crippen molar-refractivity contribution in [2.45, 2.75) is 18.7 Å². The number of hydrogen-bond acceptors (Lipinski definition) is 3. The Kier molecular flexibility index (Phi) is 3.59. The van der Waals surface area contributed by atoms with Gasteiger partial charge >= 0.3 is 0 Å². The molecule has 0 amide bonds. The second-order valence-electron chi connectivity index (χ2n) is 4.32. The summed E-state index contributed by atoms with van der Waals surface area (Å²) in [5.74, 6) is 0.994. The molecule has 0 saturated heterocycles. The van der Waals surface area contributed by atoms with Crippen molar-refractivity contribution in [3.8, 4) is 0 Å². The molecule has 0 spiro atoms. The maximum absolute atomic E-state index is 11.9. The van der Waals surface area contributed by atoms with Crippen LogP contribution in [0.4, 0.5) is 0 Å². The van der Waals surface area contributed by atoms with Crippen LogP contribution >= 0.6 is 0 Å². The summed E-state index contributed by atoms with van der Waals surface area (Å²) in [4.78, 5) is 0. The van der Waals surface area contributed by atoms with Crippen LogP contribution in [0.5, 0.6) is 0 Å². The highest BCUT2D eigenvalue weighted by molar-refractivity contribution is 7.84. The first-order chi connectivity index (χ1) is 8.08. The average molecular weight is 251 g/mol. The van der Waals surface area contributed by atoms with Gasteiger partial charge in [-0.1, -0.05) is 18.2 Å². The third-order valence-corrected chi connectivity index (χ3v) is 4.07. The average Bonchev–Trinajstić information content (AvgIpc) is 2.55. The smallest absolute Gasteiger partial charge is 0.0827 e. The summed E-state index contributed by atoms with van der Waals surface area (Å²) in [6.45, 7) is 1.87. The third kappa shape index (κ3) is 2.73. The molecular weight excluding hydrogens is 234 g/mol. The third-order valence-electron chi connectivity index (χ3n) is 2.58. The Bertz CT molecular complexity index is 548. The normalized spacial score (nSPS) is 15.0. The maximum atomic E-state index is 11.9. The van der Waals surface area contributed by atoms with Crippen LogP contribution in [0.3, 0.4) is 0 Å². The molecule has 0 bridgehead atoms. The zero-order valence-corrected chi connectivity index (χ0v) is 10.9. The summed E-state index contributed by atoms with van der Waals surface area (Å²) in [5, 5.41) is 5.50. The lowest BCUT2D eigenvalue weighted by Gasteiger charge is -2.03. The predicted molar refractivity (Wildman–Crippen MR) is 71.1 cm³/mol. The van der Waals surface area contributed by atoms with Crippen LogP contribution in [0, 0.1) is 0 Å². The highest BCUT2D eigenvalue weighted by Crippen LogP contribution is 2.18. The van der Waals surface area contributed by atoms with Gasteiger partial charge in [0.1, 0.15) is 0 Å². The van der Waals surface area contributed by atoms with Gasteiger partial charge in [0.2, 0.25) is 0 Å². The van der Waals surface area contributed by atoms with E-state index in [1.807, 2.05) is 42.9 Å². The fourth-order valence-corrected chi connectivity index (χ4v) is 3.12. The van der Waals surface area contributed by atoms with E-state index in [1.165, 1.54) is 0 Å². The first kappa shape index (κ1) is 12.3. The Hall–Kier alpha value is -1.20. The number of nitrogens with two attached hydrogens (primary N) is 1. The summed E-state index contributed by atoms with van der Waals surface area (Å²) >= 11 is 0. The van der Waals surface area contributed by atoms with E-state index in [0.29, 0.717) is 11.5 Å². The minimum Gasteiger partial charge on any atom is -0.327 e. The van der Waals surface area contributed by atoms with Gasteiger partial charge in [-0.3, -0.25) is 8.89 Å². The van der Waals surface area contributed by atoms with Crippen molar-refractivity contribution < 1.29 is 4.21 Å². The molecule has 0 fully saturated rings. The van der Waals surface area contributed by atoms with Gasteiger partial charge in [0, 0.05) is 35.0 Å². The minimum atomic E-state index is -0.945. The van der Waals surface area contributed by atoms with Crippen molar-refractivity contribution in [1.29, 1.82) is 0 Å². The molecule has 2 rings (SSSR count). The molecule has 4 nitrogen and oxygen atoms in total. The Morgan fingerprint density at radius 1 is 1.47 bits per heavy atom. The molecule has 2 N–H and O–H groups in total. The van der Waals surface area contributed by atoms with Crippen LogP contribution in [0.2, 0.25) is 0 Å². The molecule has 0 aliphatic heterocycles. The Morgan fingerprint density at radius 2 is 2.18 bits per heavy atom. The Morgan fingerprint density at radius 3 is 2.88 bits per heavy atom. The monoisotopic (exact) mass is 251 g/mol. The SMILES string of the molecule is CC(N)CS(=O)Cc1nn(C)c2ccccc12. The van der Waals surface area contributed by atoms with E-state index in [4.69, 9.17) is 5.73 Å². The summed E-state index contributed by atoms with van der Waals surface area (Å²) in [6, 6.07) is 7.95. The van der Waals surface area contributed by atoms with E-state index in [1.54, 1.807) is 0 Å². The van der Waals surface area contributed by atoms with Crippen LogP contribution in [0.25, 0.3) is 10.9 Å². The summed E-state index contributed by atoms with van der Waals surface area (Å²) in [5.41, 5.74) is 7.61. The number of fused-ring (bicyclic) bond motifs is 1. The van der Waals surface area contributed by atoms with Gasteiger partial charge in [0.05, 0.1) is 17.0 Å². The molecule has 1 aromatic carbocycles. The molecule has 1 aromatic heterocycles. The van der Waals surface area contributed by atoms with Crippen molar-refractivity contribution in [3.05, 3.63) is 30.0 Å². The fourth-order valence-electron chi connectivity index (χ4n) is 1.90. The van der Waals surface area contributed by atoms with Crippen LogP contribution in [-0.2, 0) is 23.6 Å². The predicted octanol–water partition coefficient (Wildman–Crippen LogP) is 1.17. The molecule has 0 aliphatic rings. The number of benzene rings is 1. The van der Waals surface area contributed by atoms with E-state index in [9.17, 15) is 4.21 Å². The van der Waals surface area contributed by atoms with E-state index >= 15 is 0 Å². The van der Waals surface area contributed by atoms with Crippen molar-refractivity contribution in [1.82, 2.24) is 9.78 Å². The van der Waals surface area contributed by atoms with Gasteiger partial charge < -0.3 is 5.73 Å². The number of hydrogen-bond donors (Lipinski definition) is 1. The molecule has 92 valence electrons. The quantitative estimate of drug-likeness (QED) is 0.887. The van der Waals surface area contributed by atoms with Crippen molar-refractivity contribution >= 4 is 21.7 Å². The highest BCUT2D eigenvalue weighted by atomic mass is 32.2. The fraction of sp³-hybridized carbons (Fsp3) is 0.417. The van der Waals surface area contributed by atoms with Gasteiger partial charge in [0.15, 0.2) is 0 Å². The van der Waals surface area contributed by atoms with Gasteiger partial charge in [-0.15, -0.1) is 0 Å². The number of rotatable bonds is 4. The maximum Gasteiger partial charge on any atom is 0.0827 e. The zero-order valence-electron chi connectivity index (χ0n) is 10.1. The molecule has 0 radical (unpaired) electrons. The Balaban J connectivity index is 2.27. The van der Waals surface area contributed by atoms with Crippen molar-refractivity contribution in [2.75, 3.05) is 5.75 Å². The lowest BCUT2D eigenvalue weighted by atomic mass is 10.2. The standard InChI is InChI=1S/C12H17N3OS/c1-9(13)7-17(16)8-11-10-5-3-4-6-12(10)15(2)14-11/h3-6,9H,7-8,13H2,1-2H3. The van der Waals surface area contributed by atoms with Gasteiger partial charge in [-0.2, -0.15) is 5.10 Å². The molecule has 1 heterocycles. The molecule has 17 heavy (non-hydrogen) atoms. The number of aryl methyl sites for hydroxylation is 1. The topological polar surface area (TPSA) is 60.9 Å². The molecule has 5 heteroatoms. The molecule has 2 aromatic rings. The zero-order chi connectivity index (χ0) is 12.4. The van der Waals surface area contributed by atoms with Crippen LogP contribution in [-0.4, -0.2) is 25.8 Å². The van der Waals surface area contributed by atoms with Crippen LogP contribution < -0.4 is 5.73 Å². The number of aromatic nitrogens is 2. The first-order valence-electron chi connectivity index (χ1n) is 5.59. The van der Waals surface area contributed by atoms with Gasteiger partial charge in [-0.05, 0) is 13.0 Å². The van der Waals surface area contributed by atoms with Crippen molar-refractivity contribution in [3.63, 3.8) is 0 Å². The van der Waals surface area contributed by atoms with Crippen LogP contribution in [0.1, 0.15) is 12.6 Å². The first-order valence-corrected chi connectivity index (χ1v) is 7.08. The second kappa shape index (κ2) is 4.98. The van der Waals surface area contributed by atoms with Crippen molar-refractivity contribution in [2.24, 2.45) is 12.8 Å². The van der Waals surface area contributed by atoms with E-state index < -0.39 is 10.8 Å². The molecule has 0 aliphatic carbocycles. The van der Waals surface area contributed by atoms with Gasteiger partial charge in [0.25, 0.3) is 0 Å². The van der Waals surface area contributed by atoms with Gasteiger partial charge in [-0.25, -0.2) is 0 Å². The lowest BCUT2D eigenvalue weighted by Crippen LogP contribution is -2.23. The molecule has 2 unspecified atom stereocenters. The Labute approximate surface area is 103 Å². The molecule has 0 saturated carbocycles. The largest absolute Gasteiger partial charge is 0.327 e. The number of nitrogens with zero attached hydrogens (tertiary/aromatic N) is 2. The molecule has 2 atom stereocenters. The minimum absolute atomic E-state index is 0.0363. The highest BCUT2D eigenvalue weighted by Gasteiger charge is 2.11.